The molecule has 0 saturated heterocycles. The zero-order valence-corrected chi connectivity index (χ0v) is 13.6. The van der Waals surface area contributed by atoms with Crippen LogP contribution in [0.5, 0.6) is 0 Å². The van der Waals surface area contributed by atoms with Gasteiger partial charge in [0.25, 0.3) is 5.56 Å². The van der Waals surface area contributed by atoms with E-state index in [2.05, 4.69) is 15.1 Å². The van der Waals surface area contributed by atoms with Gasteiger partial charge in [0.1, 0.15) is 11.2 Å². The van der Waals surface area contributed by atoms with Gasteiger partial charge in [-0.05, 0) is 31.5 Å². The predicted octanol–water partition coefficient (Wildman–Crippen LogP) is 2.51. The van der Waals surface area contributed by atoms with E-state index in [9.17, 15) is 18.0 Å². The first-order chi connectivity index (χ1) is 11.7. The maximum Gasteiger partial charge on any atom is 0.416 e. The van der Waals surface area contributed by atoms with E-state index in [1.165, 1.54) is 16.8 Å². The van der Waals surface area contributed by atoms with Crippen LogP contribution in [-0.2, 0) is 12.7 Å². The number of benzene rings is 1. The monoisotopic (exact) mass is 351 g/mol. The quantitative estimate of drug-likeness (QED) is 0.759. The highest BCUT2D eigenvalue weighted by molar-refractivity contribution is 5.77. The molecule has 3 N–H and O–H groups in total. The van der Waals surface area contributed by atoms with Gasteiger partial charge in [0.2, 0.25) is 0 Å². The zero-order valence-electron chi connectivity index (χ0n) is 13.6. The van der Waals surface area contributed by atoms with Crippen molar-refractivity contribution < 1.29 is 13.2 Å². The number of aromatic amines is 1. The Morgan fingerprint density at radius 1 is 1.28 bits per heavy atom. The number of rotatable bonds is 3. The van der Waals surface area contributed by atoms with E-state index in [-0.39, 0.29) is 12.1 Å². The van der Waals surface area contributed by atoms with Gasteiger partial charge in [0.15, 0.2) is 5.65 Å². The van der Waals surface area contributed by atoms with Crippen LogP contribution >= 0.6 is 0 Å². The van der Waals surface area contributed by atoms with Crippen LogP contribution in [0.2, 0.25) is 0 Å². The number of aromatic nitrogens is 4. The summed E-state index contributed by atoms with van der Waals surface area (Å²) in [5.74, 6) is 0.418. The Hall–Kier alpha value is -2.68. The lowest BCUT2D eigenvalue weighted by Gasteiger charge is -2.15. The first-order valence-electron chi connectivity index (χ1n) is 7.57. The summed E-state index contributed by atoms with van der Waals surface area (Å²) >= 11 is 0. The lowest BCUT2D eigenvalue weighted by molar-refractivity contribution is -0.137. The molecular formula is C16H16F3N5O. The molecule has 0 unspecified atom stereocenters. The number of fused-ring (bicyclic) bond motifs is 1. The first-order valence-corrected chi connectivity index (χ1v) is 7.57. The number of nitrogens with zero attached hydrogens (tertiary/aromatic N) is 3. The molecule has 132 valence electrons. The van der Waals surface area contributed by atoms with Gasteiger partial charge in [-0.3, -0.25) is 4.79 Å². The molecule has 0 aliphatic heterocycles. The summed E-state index contributed by atoms with van der Waals surface area (Å²) in [5.41, 5.74) is 5.96. The fourth-order valence-electron chi connectivity index (χ4n) is 2.73. The van der Waals surface area contributed by atoms with Crippen LogP contribution in [0.3, 0.4) is 0 Å². The molecule has 0 radical (unpaired) electrons. The molecule has 9 heteroatoms. The summed E-state index contributed by atoms with van der Waals surface area (Å²) in [6.07, 6.45) is -4.39. The summed E-state index contributed by atoms with van der Waals surface area (Å²) in [5, 5.41) is 4.64. The van der Waals surface area contributed by atoms with Gasteiger partial charge in [-0.1, -0.05) is 12.1 Å². The smallest absolute Gasteiger partial charge is 0.325 e. The minimum Gasteiger partial charge on any atom is -0.325 e. The van der Waals surface area contributed by atoms with E-state index in [0.29, 0.717) is 28.1 Å². The SMILES string of the molecule is Cc1nc2c(c(CN)nn2[C@@H](C)c2ccc(C(F)(F)F)cc2)c(=O)[nH]1. The molecule has 3 rings (SSSR count). The zero-order chi connectivity index (χ0) is 18.4. The van der Waals surface area contributed by atoms with Gasteiger partial charge in [0, 0.05) is 6.54 Å². The molecule has 0 aliphatic rings. The van der Waals surface area contributed by atoms with Gasteiger partial charge in [-0.15, -0.1) is 0 Å². The van der Waals surface area contributed by atoms with Crippen molar-refractivity contribution in [2.45, 2.75) is 32.6 Å². The van der Waals surface area contributed by atoms with E-state index in [1.54, 1.807) is 13.8 Å². The Bertz CT molecular complexity index is 972. The Labute approximate surface area is 140 Å². The molecule has 1 atom stereocenters. The molecule has 2 aromatic heterocycles. The summed E-state index contributed by atoms with van der Waals surface area (Å²) in [4.78, 5) is 19.1. The molecule has 0 bridgehead atoms. The number of H-pyrrole nitrogens is 1. The average Bonchev–Trinajstić information content (AvgIpc) is 2.92. The van der Waals surface area contributed by atoms with Crippen molar-refractivity contribution in [1.29, 1.82) is 0 Å². The van der Waals surface area contributed by atoms with Crippen molar-refractivity contribution in [3.63, 3.8) is 0 Å². The highest BCUT2D eigenvalue weighted by atomic mass is 19.4. The second-order valence-corrected chi connectivity index (χ2v) is 5.74. The predicted molar refractivity (Wildman–Crippen MR) is 86.0 cm³/mol. The van der Waals surface area contributed by atoms with Crippen LogP contribution in [0.15, 0.2) is 29.1 Å². The van der Waals surface area contributed by atoms with Crippen LogP contribution < -0.4 is 11.3 Å². The number of alkyl halides is 3. The van der Waals surface area contributed by atoms with Gasteiger partial charge >= 0.3 is 6.18 Å². The molecule has 1 aromatic carbocycles. The number of halogens is 3. The second-order valence-electron chi connectivity index (χ2n) is 5.74. The van der Waals surface area contributed by atoms with Crippen LogP contribution in [0, 0.1) is 6.92 Å². The summed E-state index contributed by atoms with van der Waals surface area (Å²) < 4.78 is 39.6. The number of hydrogen-bond donors (Lipinski definition) is 2. The van der Waals surface area contributed by atoms with Crippen molar-refractivity contribution >= 4 is 11.0 Å². The minimum absolute atomic E-state index is 0.0526. The Morgan fingerprint density at radius 2 is 1.92 bits per heavy atom. The van der Waals surface area contributed by atoms with E-state index >= 15 is 0 Å². The van der Waals surface area contributed by atoms with Gasteiger partial charge < -0.3 is 10.7 Å². The van der Waals surface area contributed by atoms with E-state index < -0.39 is 17.8 Å². The molecule has 3 aromatic rings. The Morgan fingerprint density at radius 3 is 2.48 bits per heavy atom. The molecule has 6 nitrogen and oxygen atoms in total. The fraction of sp³-hybridized carbons (Fsp3) is 0.312. The minimum atomic E-state index is -4.39. The lowest BCUT2D eigenvalue weighted by Crippen LogP contribution is -2.13. The van der Waals surface area contributed by atoms with Crippen molar-refractivity contribution in [1.82, 2.24) is 19.7 Å². The summed E-state index contributed by atoms with van der Waals surface area (Å²) in [6, 6.07) is 4.41. The van der Waals surface area contributed by atoms with Crippen LogP contribution in [0.25, 0.3) is 11.0 Å². The number of nitrogens with two attached hydrogens (primary N) is 1. The third kappa shape index (κ3) is 3.02. The molecular weight excluding hydrogens is 335 g/mol. The van der Waals surface area contributed by atoms with E-state index in [4.69, 9.17) is 5.73 Å². The molecule has 25 heavy (non-hydrogen) atoms. The maximum atomic E-state index is 12.7. The largest absolute Gasteiger partial charge is 0.416 e. The van der Waals surface area contributed by atoms with Crippen molar-refractivity contribution in [3.8, 4) is 0 Å². The normalized spacial score (nSPS) is 13.4. The maximum absolute atomic E-state index is 12.7. The van der Waals surface area contributed by atoms with Crippen molar-refractivity contribution in [2.24, 2.45) is 5.73 Å². The molecule has 0 fully saturated rings. The fourth-order valence-corrected chi connectivity index (χ4v) is 2.73. The molecule has 2 heterocycles. The molecule has 0 aliphatic carbocycles. The first kappa shape index (κ1) is 17.2. The molecule has 0 saturated carbocycles. The van der Waals surface area contributed by atoms with Crippen LogP contribution in [0.1, 0.15) is 35.6 Å². The van der Waals surface area contributed by atoms with E-state index in [0.717, 1.165) is 12.1 Å². The molecule has 0 spiro atoms. The number of aryl methyl sites for hydroxylation is 1. The van der Waals surface area contributed by atoms with Crippen molar-refractivity contribution in [2.75, 3.05) is 0 Å². The number of nitrogens with one attached hydrogen (secondary N) is 1. The second kappa shape index (κ2) is 5.99. The Kier molecular flexibility index (Phi) is 4.11. The van der Waals surface area contributed by atoms with Crippen molar-refractivity contribution in [3.05, 3.63) is 57.3 Å². The lowest BCUT2D eigenvalue weighted by atomic mass is 10.1. The highest BCUT2D eigenvalue weighted by Crippen LogP contribution is 2.31. The summed E-state index contributed by atoms with van der Waals surface area (Å²) in [7, 11) is 0. The van der Waals surface area contributed by atoms with Crippen LogP contribution in [-0.4, -0.2) is 19.7 Å². The topological polar surface area (TPSA) is 89.6 Å². The summed E-state index contributed by atoms with van der Waals surface area (Å²) in [6.45, 7) is 3.47. The van der Waals surface area contributed by atoms with E-state index in [1.807, 2.05) is 0 Å². The third-order valence-electron chi connectivity index (χ3n) is 4.03. The average molecular weight is 351 g/mol. The van der Waals surface area contributed by atoms with Crippen LogP contribution in [0.4, 0.5) is 13.2 Å². The highest BCUT2D eigenvalue weighted by Gasteiger charge is 2.30. The van der Waals surface area contributed by atoms with Gasteiger partial charge in [0.05, 0.1) is 17.3 Å². The Balaban J connectivity index is 2.11. The number of hydrogen-bond acceptors (Lipinski definition) is 4. The standard InChI is InChI=1S/C16H16F3N5O/c1-8(10-3-5-11(6-4-10)16(17,18)19)24-14-13(12(7-20)23-24)15(25)22-9(2)21-14/h3-6,8H,7,20H2,1-2H3,(H,21,22,25)/t8-/m0/s1. The molecule has 0 amide bonds. The third-order valence-corrected chi connectivity index (χ3v) is 4.03. The van der Waals surface area contributed by atoms with Gasteiger partial charge in [-0.2, -0.15) is 18.3 Å². The van der Waals surface area contributed by atoms with Gasteiger partial charge in [-0.25, -0.2) is 9.67 Å².